The highest BCUT2D eigenvalue weighted by Crippen LogP contribution is 2.30. The molecule has 0 bridgehead atoms. The predicted octanol–water partition coefficient (Wildman–Crippen LogP) is 2.31. The molecule has 0 spiro atoms. The predicted molar refractivity (Wildman–Crippen MR) is 51.5 cm³/mol. The fraction of sp³-hybridized carbons (Fsp3) is 0.400. The van der Waals surface area contributed by atoms with Crippen LogP contribution in [0.15, 0.2) is 18.2 Å². The normalized spacial score (nSPS) is 19.6. The highest BCUT2D eigenvalue weighted by Gasteiger charge is 2.18. The first-order valence-corrected chi connectivity index (χ1v) is 4.61. The third-order valence-electron chi connectivity index (χ3n) is 2.41. The summed E-state index contributed by atoms with van der Waals surface area (Å²) in [5.74, 6) is 0.665. The van der Waals surface area contributed by atoms with Gasteiger partial charge in [-0.15, -0.1) is 0 Å². The summed E-state index contributed by atoms with van der Waals surface area (Å²) >= 11 is 0. The Morgan fingerprint density at radius 2 is 2.36 bits per heavy atom. The minimum absolute atomic E-state index is 0.0952. The second-order valence-corrected chi connectivity index (χ2v) is 3.52. The van der Waals surface area contributed by atoms with Crippen molar-refractivity contribution in [1.82, 2.24) is 0 Å². The van der Waals surface area contributed by atoms with E-state index in [-0.39, 0.29) is 11.8 Å². The number of nitro groups is 1. The highest BCUT2D eigenvalue weighted by atomic mass is 16.6. The van der Waals surface area contributed by atoms with Crippen molar-refractivity contribution in [3.63, 3.8) is 0 Å². The number of non-ortho nitro benzene ring substituents is 1. The van der Waals surface area contributed by atoms with Crippen LogP contribution >= 0.6 is 0 Å². The second kappa shape index (κ2) is 3.29. The van der Waals surface area contributed by atoms with E-state index in [2.05, 4.69) is 0 Å². The summed E-state index contributed by atoms with van der Waals surface area (Å²) in [5.41, 5.74) is 1.16. The summed E-state index contributed by atoms with van der Waals surface area (Å²) in [5, 5.41) is 10.5. The smallest absolute Gasteiger partial charge is 0.273 e. The zero-order valence-corrected chi connectivity index (χ0v) is 7.90. The molecule has 1 atom stereocenters. The van der Waals surface area contributed by atoms with E-state index in [0.29, 0.717) is 5.75 Å². The number of nitrogens with zero attached hydrogens (tertiary/aromatic N) is 1. The van der Waals surface area contributed by atoms with Crippen molar-refractivity contribution in [3.8, 4) is 5.75 Å². The van der Waals surface area contributed by atoms with Gasteiger partial charge in [-0.05, 0) is 31.4 Å². The largest absolute Gasteiger partial charge is 0.490 e. The first-order valence-electron chi connectivity index (χ1n) is 4.61. The number of aryl methyl sites for hydroxylation is 1. The molecule has 1 aromatic rings. The van der Waals surface area contributed by atoms with E-state index in [9.17, 15) is 10.1 Å². The number of hydrogen-bond donors (Lipinski definition) is 0. The topological polar surface area (TPSA) is 52.4 Å². The van der Waals surface area contributed by atoms with Crippen molar-refractivity contribution < 1.29 is 9.66 Å². The minimum atomic E-state index is -0.400. The molecule has 1 heterocycles. The molecule has 1 aromatic carbocycles. The van der Waals surface area contributed by atoms with Gasteiger partial charge in [-0.3, -0.25) is 10.1 Å². The van der Waals surface area contributed by atoms with Crippen LogP contribution in [0.1, 0.15) is 18.9 Å². The Hall–Kier alpha value is -1.58. The summed E-state index contributed by atoms with van der Waals surface area (Å²) in [6.07, 6.45) is 2.07. The molecular formula is C10H11NO3. The van der Waals surface area contributed by atoms with Crippen LogP contribution in [0.25, 0.3) is 0 Å². The molecule has 0 amide bonds. The molecule has 14 heavy (non-hydrogen) atoms. The molecule has 0 N–H and O–H groups in total. The van der Waals surface area contributed by atoms with Crippen molar-refractivity contribution in [2.75, 3.05) is 0 Å². The summed E-state index contributed by atoms with van der Waals surface area (Å²) in [6, 6.07) is 4.81. The summed E-state index contributed by atoms with van der Waals surface area (Å²) in [7, 11) is 0. The zero-order chi connectivity index (χ0) is 10.1. The van der Waals surface area contributed by atoms with Crippen LogP contribution in [0.5, 0.6) is 5.75 Å². The SMILES string of the molecule is CC1CCc2ccc([N+](=O)[O-])cc2O1. The maximum absolute atomic E-state index is 10.5. The summed E-state index contributed by atoms with van der Waals surface area (Å²) < 4.78 is 5.52. The quantitative estimate of drug-likeness (QED) is 0.508. The van der Waals surface area contributed by atoms with Crippen molar-refractivity contribution in [1.29, 1.82) is 0 Å². The van der Waals surface area contributed by atoms with E-state index in [1.54, 1.807) is 6.07 Å². The minimum Gasteiger partial charge on any atom is -0.490 e. The Bertz CT molecular complexity index is 376. The molecule has 1 aliphatic heterocycles. The summed E-state index contributed by atoms with van der Waals surface area (Å²) in [4.78, 5) is 10.1. The van der Waals surface area contributed by atoms with E-state index < -0.39 is 4.92 Å². The molecule has 4 nitrogen and oxygen atoms in total. The van der Waals surface area contributed by atoms with Gasteiger partial charge in [-0.1, -0.05) is 0 Å². The molecule has 74 valence electrons. The molecule has 4 heteroatoms. The fourth-order valence-electron chi connectivity index (χ4n) is 1.61. The Morgan fingerprint density at radius 1 is 1.57 bits per heavy atom. The molecule has 0 radical (unpaired) electrons. The van der Waals surface area contributed by atoms with Crippen LogP contribution < -0.4 is 4.74 Å². The maximum atomic E-state index is 10.5. The van der Waals surface area contributed by atoms with Gasteiger partial charge in [0.15, 0.2) is 0 Å². The van der Waals surface area contributed by atoms with Crippen LogP contribution in [-0.4, -0.2) is 11.0 Å². The van der Waals surface area contributed by atoms with E-state index in [1.165, 1.54) is 12.1 Å². The van der Waals surface area contributed by atoms with Gasteiger partial charge in [0.1, 0.15) is 5.75 Å². The van der Waals surface area contributed by atoms with E-state index >= 15 is 0 Å². The van der Waals surface area contributed by atoms with Crippen LogP contribution in [0.4, 0.5) is 5.69 Å². The number of ether oxygens (including phenoxy) is 1. The molecule has 0 saturated heterocycles. The second-order valence-electron chi connectivity index (χ2n) is 3.52. The van der Waals surface area contributed by atoms with Crippen LogP contribution in [-0.2, 0) is 6.42 Å². The third-order valence-corrected chi connectivity index (χ3v) is 2.41. The molecule has 0 aliphatic carbocycles. The van der Waals surface area contributed by atoms with E-state index in [0.717, 1.165) is 18.4 Å². The first kappa shape index (κ1) is 8.99. The molecule has 1 unspecified atom stereocenters. The average molecular weight is 193 g/mol. The lowest BCUT2D eigenvalue weighted by Gasteiger charge is -2.22. The van der Waals surface area contributed by atoms with Gasteiger partial charge in [0.25, 0.3) is 5.69 Å². The summed E-state index contributed by atoms with van der Waals surface area (Å²) in [6.45, 7) is 1.97. The van der Waals surface area contributed by atoms with Crippen LogP contribution in [0, 0.1) is 10.1 Å². The first-order chi connectivity index (χ1) is 6.66. The van der Waals surface area contributed by atoms with Gasteiger partial charge in [0.05, 0.1) is 17.1 Å². The van der Waals surface area contributed by atoms with E-state index in [4.69, 9.17) is 4.74 Å². The Balaban J connectivity index is 2.37. The third kappa shape index (κ3) is 1.55. The monoisotopic (exact) mass is 193 g/mol. The van der Waals surface area contributed by atoms with Gasteiger partial charge < -0.3 is 4.74 Å². The highest BCUT2D eigenvalue weighted by molar-refractivity contribution is 5.45. The van der Waals surface area contributed by atoms with Crippen molar-refractivity contribution >= 4 is 5.69 Å². The number of nitro benzene ring substituents is 1. The number of benzene rings is 1. The molecule has 0 aromatic heterocycles. The molecular weight excluding hydrogens is 182 g/mol. The Morgan fingerprint density at radius 3 is 3.07 bits per heavy atom. The maximum Gasteiger partial charge on any atom is 0.273 e. The number of fused-ring (bicyclic) bond motifs is 1. The molecule has 0 saturated carbocycles. The van der Waals surface area contributed by atoms with Crippen molar-refractivity contribution in [2.45, 2.75) is 25.9 Å². The van der Waals surface area contributed by atoms with Crippen LogP contribution in [0.2, 0.25) is 0 Å². The number of rotatable bonds is 1. The average Bonchev–Trinajstić information content (AvgIpc) is 2.16. The molecule has 1 aliphatic rings. The van der Waals surface area contributed by atoms with Crippen LogP contribution in [0.3, 0.4) is 0 Å². The molecule has 0 fully saturated rings. The lowest BCUT2D eigenvalue weighted by atomic mass is 10.0. The van der Waals surface area contributed by atoms with Gasteiger partial charge >= 0.3 is 0 Å². The van der Waals surface area contributed by atoms with Gasteiger partial charge in [-0.25, -0.2) is 0 Å². The fourth-order valence-corrected chi connectivity index (χ4v) is 1.61. The van der Waals surface area contributed by atoms with Crippen molar-refractivity contribution in [2.24, 2.45) is 0 Å². The lowest BCUT2D eigenvalue weighted by molar-refractivity contribution is -0.385. The van der Waals surface area contributed by atoms with Gasteiger partial charge in [0.2, 0.25) is 0 Å². The lowest BCUT2D eigenvalue weighted by Crippen LogP contribution is -2.18. The van der Waals surface area contributed by atoms with Crippen molar-refractivity contribution in [3.05, 3.63) is 33.9 Å². The van der Waals surface area contributed by atoms with Gasteiger partial charge in [0, 0.05) is 6.07 Å². The number of hydrogen-bond acceptors (Lipinski definition) is 3. The zero-order valence-electron chi connectivity index (χ0n) is 7.90. The standard InChI is InChI=1S/C10H11NO3/c1-7-2-3-8-4-5-9(11(12)13)6-10(8)14-7/h4-7H,2-3H2,1H3. The van der Waals surface area contributed by atoms with Gasteiger partial charge in [-0.2, -0.15) is 0 Å². The van der Waals surface area contributed by atoms with E-state index in [1.807, 2.05) is 6.92 Å². The molecule has 2 rings (SSSR count). The Labute approximate surface area is 81.7 Å². The Kier molecular flexibility index (Phi) is 2.11.